The second-order valence-electron chi connectivity index (χ2n) is 18.3. The van der Waals surface area contributed by atoms with Gasteiger partial charge in [0.25, 0.3) is 0 Å². The first-order valence-corrected chi connectivity index (χ1v) is 17.9. The minimum atomic E-state index is -2.33. The molecular formula is C47H51N3O. The van der Waals surface area contributed by atoms with Gasteiger partial charge >= 0.3 is 0 Å². The third-order valence-electron chi connectivity index (χ3n) is 10.4. The van der Waals surface area contributed by atoms with E-state index in [4.69, 9.17) is 13.5 Å². The number of benzene rings is 4. The molecule has 0 saturated heterocycles. The third-order valence-corrected chi connectivity index (χ3v) is 10.4. The molecule has 3 heterocycles. The number of aryl methyl sites for hydroxylation is 1. The van der Waals surface area contributed by atoms with E-state index in [1.54, 1.807) is 12.3 Å². The Bertz CT molecular complexity index is 2620. The molecule has 0 saturated carbocycles. The van der Waals surface area contributed by atoms with Crippen molar-refractivity contribution in [2.24, 2.45) is 0 Å². The Morgan fingerprint density at radius 2 is 1.22 bits per heavy atom. The van der Waals surface area contributed by atoms with Crippen molar-refractivity contribution in [3.63, 3.8) is 0 Å². The summed E-state index contributed by atoms with van der Waals surface area (Å²) in [5, 5.41) is 14.8. The zero-order chi connectivity index (χ0) is 39.5. The fraction of sp³-hybridized carbons (Fsp3) is 0.362. The lowest BCUT2D eigenvalue weighted by molar-refractivity contribution is 0.583. The molecule has 260 valence electrons. The second kappa shape index (κ2) is 11.3. The van der Waals surface area contributed by atoms with Gasteiger partial charge in [-0.1, -0.05) is 113 Å². The SMILES string of the molecule is [2H]C([2H])([2H])c1cc(-c2ccc(C(C)(C)C)c3c2oc2c(-n4c5cc(C(C)(C)C)ccc5c5ccc(C(C)(C)C)cc54)c(C#N)ccc23)ncc1C(C)(C)C. The number of aromatic nitrogens is 2. The average molecular weight is 677 g/mol. The molecule has 0 fully saturated rings. The highest BCUT2D eigenvalue weighted by atomic mass is 16.3. The fourth-order valence-corrected chi connectivity index (χ4v) is 7.46. The van der Waals surface area contributed by atoms with E-state index < -0.39 is 12.3 Å². The highest BCUT2D eigenvalue weighted by Gasteiger charge is 2.29. The predicted octanol–water partition coefficient (Wildman–Crippen LogP) is 13.1. The number of nitriles is 1. The molecule has 7 rings (SSSR count). The second-order valence-corrected chi connectivity index (χ2v) is 18.3. The minimum Gasteiger partial charge on any atom is -0.453 e. The zero-order valence-corrected chi connectivity index (χ0v) is 32.2. The first-order chi connectivity index (χ1) is 24.9. The van der Waals surface area contributed by atoms with Crippen LogP contribution in [0, 0.1) is 18.2 Å². The number of hydrogen-bond donors (Lipinski definition) is 0. The van der Waals surface area contributed by atoms with Crippen molar-refractivity contribution in [2.75, 3.05) is 0 Å². The van der Waals surface area contributed by atoms with Crippen molar-refractivity contribution in [2.45, 2.75) is 112 Å². The largest absolute Gasteiger partial charge is 0.453 e. The maximum absolute atomic E-state index is 10.8. The molecule has 4 aromatic carbocycles. The summed E-state index contributed by atoms with van der Waals surface area (Å²) in [6.45, 7) is 23.5. The van der Waals surface area contributed by atoms with Gasteiger partial charge in [-0.15, -0.1) is 0 Å². The van der Waals surface area contributed by atoms with Crippen LogP contribution in [-0.2, 0) is 21.7 Å². The van der Waals surface area contributed by atoms with Crippen molar-refractivity contribution in [3.8, 4) is 23.0 Å². The van der Waals surface area contributed by atoms with Crippen LogP contribution in [0.5, 0.6) is 0 Å². The lowest BCUT2D eigenvalue weighted by Gasteiger charge is -2.22. The van der Waals surface area contributed by atoms with E-state index in [-0.39, 0.29) is 21.8 Å². The van der Waals surface area contributed by atoms with E-state index in [0.717, 1.165) is 38.1 Å². The molecule has 0 spiro atoms. The zero-order valence-electron chi connectivity index (χ0n) is 35.2. The highest BCUT2D eigenvalue weighted by Crippen LogP contribution is 2.46. The van der Waals surface area contributed by atoms with Crippen LogP contribution in [0.4, 0.5) is 0 Å². The number of fused-ring (bicyclic) bond motifs is 6. The molecule has 0 amide bonds. The Kier molecular flexibility index (Phi) is 6.85. The molecule has 0 aliphatic rings. The van der Waals surface area contributed by atoms with Crippen LogP contribution in [0.25, 0.3) is 60.7 Å². The molecule has 4 nitrogen and oxygen atoms in total. The first kappa shape index (κ1) is 30.9. The van der Waals surface area contributed by atoms with Crippen LogP contribution in [-0.4, -0.2) is 9.55 Å². The Morgan fingerprint density at radius 1 is 0.647 bits per heavy atom. The molecule has 0 aliphatic carbocycles. The maximum atomic E-state index is 10.8. The van der Waals surface area contributed by atoms with Crippen molar-refractivity contribution in [1.29, 1.82) is 5.26 Å². The van der Waals surface area contributed by atoms with Gasteiger partial charge in [-0.25, -0.2) is 0 Å². The van der Waals surface area contributed by atoms with Crippen LogP contribution >= 0.6 is 0 Å². The molecule has 0 unspecified atom stereocenters. The summed E-state index contributed by atoms with van der Waals surface area (Å²) in [6.07, 6.45) is 1.71. The monoisotopic (exact) mass is 676 g/mol. The van der Waals surface area contributed by atoms with Crippen molar-refractivity contribution in [1.82, 2.24) is 9.55 Å². The lowest BCUT2D eigenvalue weighted by Crippen LogP contribution is -2.13. The van der Waals surface area contributed by atoms with Crippen molar-refractivity contribution in [3.05, 3.63) is 106 Å². The first-order valence-electron chi connectivity index (χ1n) is 19.4. The Hall–Kier alpha value is -4.88. The molecule has 3 aromatic heterocycles. The lowest BCUT2D eigenvalue weighted by atomic mass is 9.82. The van der Waals surface area contributed by atoms with Crippen LogP contribution in [0.15, 0.2) is 77.3 Å². The minimum absolute atomic E-state index is 0.102. The number of nitrogens with zero attached hydrogens (tertiary/aromatic N) is 3. The Balaban J connectivity index is 1.67. The Morgan fingerprint density at radius 3 is 1.73 bits per heavy atom. The summed E-state index contributed by atoms with van der Waals surface area (Å²) in [5.74, 6) is 0. The number of pyridine rings is 1. The molecular weight excluding hydrogens is 623 g/mol. The number of rotatable bonds is 2. The van der Waals surface area contributed by atoms with Gasteiger partial charge in [0.2, 0.25) is 0 Å². The molecule has 0 atom stereocenters. The molecule has 7 aromatic rings. The summed E-state index contributed by atoms with van der Waals surface area (Å²) < 4.78 is 34.7. The number of hydrogen-bond acceptors (Lipinski definition) is 3. The summed E-state index contributed by atoms with van der Waals surface area (Å²) in [7, 11) is 0. The smallest absolute Gasteiger partial charge is 0.160 e. The molecule has 0 radical (unpaired) electrons. The van der Waals surface area contributed by atoms with Gasteiger partial charge < -0.3 is 8.98 Å². The number of furan rings is 1. The third kappa shape index (κ3) is 5.63. The van der Waals surface area contributed by atoms with Gasteiger partial charge in [-0.2, -0.15) is 5.26 Å². The molecule has 0 N–H and O–H groups in total. The van der Waals surface area contributed by atoms with Gasteiger partial charge in [-0.05, 0) is 92.7 Å². The van der Waals surface area contributed by atoms with Crippen LogP contribution in [0.1, 0.15) is 121 Å². The van der Waals surface area contributed by atoms with Gasteiger partial charge in [0.15, 0.2) is 5.58 Å². The highest BCUT2D eigenvalue weighted by molar-refractivity contribution is 6.16. The van der Waals surface area contributed by atoms with Crippen molar-refractivity contribution >= 4 is 43.7 Å². The fourth-order valence-electron chi connectivity index (χ4n) is 7.46. The van der Waals surface area contributed by atoms with Crippen LogP contribution in [0.3, 0.4) is 0 Å². The van der Waals surface area contributed by atoms with E-state index in [1.165, 1.54) is 11.1 Å². The predicted molar refractivity (Wildman–Crippen MR) is 216 cm³/mol. The van der Waals surface area contributed by atoms with Gasteiger partial charge in [0.1, 0.15) is 17.3 Å². The van der Waals surface area contributed by atoms with Crippen LogP contribution < -0.4 is 0 Å². The summed E-state index contributed by atoms with van der Waals surface area (Å²) >= 11 is 0. The summed E-state index contributed by atoms with van der Waals surface area (Å²) in [5.41, 5.74) is 9.22. The van der Waals surface area contributed by atoms with E-state index in [2.05, 4.69) is 115 Å². The van der Waals surface area contributed by atoms with E-state index in [9.17, 15) is 5.26 Å². The van der Waals surface area contributed by atoms with Crippen LogP contribution in [0.2, 0.25) is 0 Å². The van der Waals surface area contributed by atoms with E-state index >= 15 is 0 Å². The Labute approximate surface area is 307 Å². The van der Waals surface area contributed by atoms with Crippen molar-refractivity contribution < 1.29 is 8.53 Å². The average Bonchev–Trinajstić information content (AvgIpc) is 3.60. The van der Waals surface area contributed by atoms with Gasteiger partial charge in [0.05, 0.1) is 22.3 Å². The molecule has 51 heavy (non-hydrogen) atoms. The molecule has 4 heteroatoms. The standard InChI is InChI=1S/C47H51N3O/c1-27-22-37(49-26-36(27)47(11,12)13)33-20-21-35(46(8,9)10)40-34-17-14-28(25-48)41(43(34)51-42(33)40)50-38-23-29(44(2,3)4)15-18-31(38)32-19-16-30(24-39(32)50)45(5,6)7/h14-24,26H,1-13H3/i1D3. The summed E-state index contributed by atoms with van der Waals surface area (Å²) in [4.78, 5) is 4.89. The van der Waals surface area contributed by atoms with Gasteiger partial charge in [-0.3, -0.25) is 4.98 Å². The quantitative estimate of drug-likeness (QED) is 0.183. The maximum Gasteiger partial charge on any atom is 0.160 e. The topological polar surface area (TPSA) is 54.8 Å². The van der Waals surface area contributed by atoms with E-state index in [0.29, 0.717) is 39.2 Å². The molecule has 0 aliphatic heterocycles. The summed E-state index contributed by atoms with van der Waals surface area (Å²) in [6, 6.07) is 25.6. The van der Waals surface area contributed by atoms with Gasteiger partial charge in [0, 0.05) is 37.4 Å². The normalized spacial score (nSPS) is 14.3. The van der Waals surface area contributed by atoms with E-state index in [1.807, 2.05) is 39.0 Å². The molecule has 0 bridgehead atoms.